The highest BCUT2D eigenvalue weighted by Crippen LogP contribution is 2.21. The second-order valence-electron chi connectivity index (χ2n) is 7.85. The smallest absolute Gasteiger partial charge is 0.240 e. The summed E-state index contributed by atoms with van der Waals surface area (Å²) < 4.78 is 0. The number of ketones is 1. The Morgan fingerprint density at radius 3 is 1.92 bits per heavy atom. The first-order chi connectivity index (χ1) is 12.1. The van der Waals surface area contributed by atoms with Gasteiger partial charge < -0.3 is 15.5 Å². The maximum absolute atomic E-state index is 12.9. The number of likely N-dealkylation sites (tertiary alicyclic amines) is 1. The Morgan fingerprint density at radius 1 is 0.962 bits per heavy atom. The van der Waals surface area contributed by atoms with Gasteiger partial charge in [0.25, 0.3) is 0 Å². The Morgan fingerprint density at radius 2 is 1.50 bits per heavy atom. The molecule has 3 amide bonds. The molecular formula is C19H33N3O4. The zero-order chi connectivity index (χ0) is 20.0. The first-order valence-corrected chi connectivity index (χ1v) is 9.44. The van der Waals surface area contributed by atoms with Crippen molar-refractivity contribution in [2.75, 3.05) is 20.1 Å². The number of primary amides is 1. The highest BCUT2D eigenvalue weighted by atomic mass is 16.2. The third-order valence-corrected chi connectivity index (χ3v) is 5.00. The summed E-state index contributed by atoms with van der Waals surface area (Å²) >= 11 is 0. The summed E-state index contributed by atoms with van der Waals surface area (Å²) in [6, 6.07) is -0.783. The van der Waals surface area contributed by atoms with E-state index in [4.69, 9.17) is 5.73 Å². The van der Waals surface area contributed by atoms with Gasteiger partial charge >= 0.3 is 0 Å². The number of nitrogens with zero attached hydrogens (tertiary/aromatic N) is 2. The average Bonchev–Trinajstić information content (AvgIpc) is 2.54. The molecule has 2 N–H and O–H groups in total. The van der Waals surface area contributed by atoms with E-state index in [2.05, 4.69) is 0 Å². The lowest BCUT2D eigenvalue weighted by Gasteiger charge is -2.33. The molecule has 148 valence electrons. The van der Waals surface area contributed by atoms with Crippen LogP contribution < -0.4 is 5.73 Å². The predicted octanol–water partition coefficient (Wildman–Crippen LogP) is 1.20. The molecular weight excluding hydrogens is 334 g/mol. The van der Waals surface area contributed by atoms with Crippen molar-refractivity contribution in [3.05, 3.63) is 0 Å². The van der Waals surface area contributed by atoms with E-state index in [9.17, 15) is 19.2 Å². The lowest BCUT2D eigenvalue weighted by atomic mass is 9.87. The molecule has 26 heavy (non-hydrogen) atoms. The molecule has 2 atom stereocenters. The lowest BCUT2D eigenvalue weighted by molar-refractivity contribution is -0.149. The molecule has 7 nitrogen and oxygen atoms in total. The monoisotopic (exact) mass is 367 g/mol. The van der Waals surface area contributed by atoms with Gasteiger partial charge in [-0.2, -0.15) is 0 Å². The maximum Gasteiger partial charge on any atom is 0.240 e. The Hall–Kier alpha value is -1.92. The van der Waals surface area contributed by atoms with Gasteiger partial charge in [0.1, 0.15) is 6.04 Å². The average molecular weight is 367 g/mol. The Bertz CT molecular complexity index is 539. The standard InChI is InChI=1S/C19H33N3O4/c1-12(2)16(19(26)21(5)17(13(3)4)18(20)25)14(23)11-15(24)22-9-7-6-8-10-22/h12-13,16-17H,6-11H2,1-5H3,(H2,20,25)/t16-,17-/m0/s1. The van der Waals surface area contributed by atoms with E-state index in [1.165, 1.54) is 11.9 Å². The SMILES string of the molecule is CC(C)[C@@H](C(=O)CC(=O)N1CCCCC1)C(=O)N(C)[C@H](C(N)=O)C(C)C. The number of amides is 3. The first-order valence-electron chi connectivity index (χ1n) is 9.44. The number of nitrogens with two attached hydrogens (primary N) is 1. The van der Waals surface area contributed by atoms with Crippen molar-refractivity contribution < 1.29 is 19.2 Å². The summed E-state index contributed by atoms with van der Waals surface area (Å²) in [5, 5.41) is 0. The van der Waals surface area contributed by atoms with Crippen molar-refractivity contribution >= 4 is 23.5 Å². The van der Waals surface area contributed by atoms with Crippen LogP contribution in [0.5, 0.6) is 0 Å². The maximum atomic E-state index is 12.9. The van der Waals surface area contributed by atoms with Gasteiger partial charge in [0, 0.05) is 20.1 Å². The van der Waals surface area contributed by atoms with Crippen molar-refractivity contribution in [3.8, 4) is 0 Å². The van der Waals surface area contributed by atoms with Gasteiger partial charge in [-0.15, -0.1) is 0 Å². The van der Waals surface area contributed by atoms with E-state index in [0.717, 1.165) is 19.3 Å². The number of hydrogen-bond acceptors (Lipinski definition) is 4. The van der Waals surface area contributed by atoms with Crippen LogP contribution in [-0.2, 0) is 19.2 Å². The molecule has 0 aromatic heterocycles. The van der Waals surface area contributed by atoms with E-state index in [1.807, 2.05) is 0 Å². The quantitative estimate of drug-likeness (QED) is 0.651. The fourth-order valence-electron chi connectivity index (χ4n) is 3.63. The van der Waals surface area contributed by atoms with Crippen molar-refractivity contribution in [1.29, 1.82) is 0 Å². The van der Waals surface area contributed by atoms with Crippen LogP contribution in [0.15, 0.2) is 0 Å². The van der Waals surface area contributed by atoms with Gasteiger partial charge in [0.15, 0.2) is 5.78 Å². The molecule has 0 aromatic carbocycles. The zero-order valence-corrected chi connectivity index (χ0v) is 16.7. The lowest BCUT2D eigenvalue weighted by Crippen LogP contribution is -2.52. The highest BCUT2D eigenvalue weighted by molar-refractivity contribution is 6.09. The second-order valence-corrected chi connectivity index (χ2v) is 7.85. The van der Waals surface area contributed by atoms with Crippen LogP contribution in [-0.4, -0.2) is 59.5 Å². The van der Waals surface area contributed by atoms with E-state index in [-0.39, 0.29) is 29.9 Å². The molecule has 1 fully saturated rings. The molecule has 0 spiro atoms. The second kappa shape index (κ2) is 9.69. The minimum Gasteiger partial charge on any atom is -0.368 e. The summed E-state index contributed by atoms with van der Waals surface area (Å²) in [5.74, 6) is -3.05. The van der Waals surface area contributed by atoms with Crippen molar-refractivity contribution in [1.82, 2.24) is 9.80 Å². The van der Waals surface area contributed by atoms with Crippen LogP contribution in [0.1, 0.15) is 53.4 Å². The molecule has 7 heteroatoms. The Labute approximate surface area is 156 Å². The molecule has 0 aliphatic carbocycles. The minimum absolute atomic E-state index is 0.167. The molecule has 1 heterocycles. The van der Waals surface area contributed by atoms with Crippen LogP contribution in [0.3, 0.4) is 0 Å². The summed E-state index contributed by atoms with van der Waals surface area (Å²) in [7, 11) is 1.49. The van der Waals surface area contributed by atoms with Crippen LogP contribution in [0.25, 0.3) is 0 Å². The third-order valence-electron chi connectivity index (χ3n) is 5.00. The van der Waals surface area contributed by atoms with Crippen LogP contribution >= 0.6 is 0 Å². The fraction of sp³-hybridized carbons (Fsp3) is 0.789. The summed E-state index contributed by atoms with van der Waals surface area (Å²) in [4.78, 5) is 52.7. The van der Waals surface area contributed by atoms with E-state index in [1.54, 1.807) is 32.6 Å². The van der Waals surface area contributed by atoms with Gasteiger partial charge in [0.2, 0.25) is 17.7 Å². The van der Waals surface area contributed by atoms with Gasteiger partial charge in [-0.1, -0.05) is 27.7 Å². The fourth-order valence-corrected chi connectivity index (χ4v) is 3.63. The summed E-state index contributed by atoms with van der Waals surface area (Å²) in [5.41, 5.74) is 5.43. The number of hydrogen-bond donors (Lipinski definition) is 1. The molecule has 0 saturated carbocycles. The third kappa shape index (κ3) is 5.54. The first kappa shape index (κ1) is 22.1. The van der Waals surface area contributed by atoms with Crippen LogP contribution in [0.2, 0.25) is 0 Å². The molecule has 1 aliphatic heterocycles. The topological polar surface area (TPSA) is 101 Å². The van der Waals surface area contributed by atoms with Crippen molar-refractivity contribution in [2.45, 2.75) is 59.4 Å². The summed E-state index contributed by atoms with van der Waals surface area (Å²) in [6.45, 7) is 8.48. The molecule has 0 bridgehead atoms. The Kier molecular flexibility index (Phi) is 8.24. The number of carbonyl (C=O) groups is 4. The number of carbonyl (C=O) groups excluding carboxylic acids is 4. The summed E-state index contributed by atoms with van der Waals surface area (Å²) in [6.07, 6.45) is 2.72. The molecule has 1 saturated heterocycles. The number of rotatable bonds is 8. The molecule has 1 aliphatic rings. The molecule has 0 aromatic rings. The highest BCUT2D eigenvalue weighted by Gasteiger charge is 2.38. The van der Waals surface area contributed by atoms with Gasteiger partial charge in [0.05, 0.1) is 12.3 Å². The normalized spacial score (nSPS) is 17.1. The number of Topliss-reactive ketones (excluding diaryl/α,β-unsaturated/α-hetero) is 1. The number of piperidine rings is 1. The van der Waals surface area contributed by atoms with Gasteiger partial charge in [-0.25, -0.2) is 0 Å². The van der Waals surface area contributed by atoms with Crippen molar-refractivity contribution in [2.24, 2.45) is 23.5 Å². The molecule has 1 rings (SSSR count). The van der Waals surface area contributed by atoms with Gasteiger partial charge in [-0.3, -0.25) is 19.2 Å². The molecule has 0 radical (unpaired) electrons. The van der Waals surface area contributed by atoms with Crippen molar-refractivity contribution in [3.63, 3.8) is 0 Å². The zero-order valence-electron chi connectivity index (χ0n) is 16.7. The predicted molar refractivity (Wildman–Crippen MR) is 99.0 cm³/mol. The van der Waals surface area contributed by atoms with E-state index < -0.39 is 23.8 Å². The van der Waals surface area contributed by atoms with Crippen LogP contribution in [0.4, 0.5) is 0 Å². The number of likely N-dealkylation sites (N-methyl/N-ethyl adjacent to an activating group) is 1. The van der Waals surface area contributed by atoms with E-state index >= 15 is 0 Å². The largest absolute Gasteiger partial charge is 0.368 e. The van der Waals surface area contributed by atoms with Crippen LogP contribution in [0, 0.1) is 17.8 Å². The minimum atomic E-state index is -0.950. The van der Waals surface area contributed by atoms with E-state index in [0.29, 0.717) is 13.1 Å². The van der Waals surface area contributed by atoms with Gasteiger partial charge in [-0.05, 0) is 31.1 Å². The Balaban J connectivity index is 2.88. The molecule has 0 unspecified atom stereocenters.